The summed E-state index contributed by atoms with van der Waals surface area (Å²) in [5.41, 5.74) is 1.89. The third-order valence-electron chi connectivity index (χ3n) is 3.67. The Kier molecular flexibility index (Phi) is 3.99. The van der Waals surface area contributed by atoms with Gasteiger partial charge in [-0.15, -0.1) is 16.4 Å². The Morgan fingerprint density at radius 3 is 3.08 bits per heavy atom. The summed E-state index contributed by atoms with van der Waals surface area (Å²) in [6, 6.07) is 11.9. The molecule has 2 N–H and O–H groups in total. The summed E-state index contributed by atoms with van der Waals surface area (Å²) in [6.45, 7) is 2.44. The number of aromatic nitrogens is 4. The fourth-order valence-corrected chi connectivity index (χ4v) is 4.00. The van der Waals surface area contributed by atoms with Gasteiger partial charge in [0.2, 0.25) is 11.7 Å². The van der Waals surface area contributed by atoms with E-state index in [9.17, 15) is 4.79 Å². The van der Waals surface area contributed by atoms with Gasteiger partial charge >= 0.3 is 0 Å². The summed E-state index contributed by atoms with van der Waals surface area (Å²) in [4.78, 5) is 17.9. The number of hydrogen-bond donors (Lipinski definition) is 2. The van der Waals surface area contributed by atoms with E-state index in [1.165, 1.54) is 11.8 Å². The van der Waals surface area contributed by atoms with Crippen LogP contribution in [0.15, 0.2) is 46.9 Å². The van der Waals surface area contributed by atoms with Crippen molar-refractivity contribution in [3.05, 3.63) is 46.7 Å². The molecule has 0 saturated carbocycles. The van der Waals surface area contributed by atoms with E-state index in [-0.39, 0.29) is 11.2 Å². The minimum Gasteiger partial charge on any atom is -0.350 e. The number of imidazole rings is 1. The number of rotatable bonds is 5. The van der Waals surface area contributed by atoms with Crippen molar-refractivity contribution in [1.29, 1.82) is 0 Å². The van der Waals surface area contributed by atoms with Crippen molar-refractivity contribution in [2.45, 2.75) is 23.9 Å². The predicted octanol–water partition coefficient (Wildman–Crippen LogP) is 3.07. The maximum Gasteiger partial charge on any atom is 0.233 e. The second-order valence-corrected chi connectivity index (χ2v) is 7.66. The second-order valence-electron chi connectivity index (χ2n) is 5.32. The summed E-state index contributed by atoms with van der Waals surface area (Å²) in [7, 11) is 0. The van der Waals surface area contributed by atoms with Crippen molar-refractivity contribution in [2.75, 3.05) is 0 Å². The second kappa shape index (κ2) is 6.29. The lowest BCUT2D eigenvalue weighted by Gasteiger charge is -2.10. The van der Waals surface area contributed by atoms with Crippen molar-refractivity contribution < 1.29 is 4.79 Å². The molecule has 24 heavy (non-hydrogen) atoms. The summed E-state index contributed by atoms with van der Waals surface area (Å²) in [5, 5.41) is 12.7. The van der Waals surface area contributed by atoms with E-state index in [2.05, 4.69) is 20.5 Å². The normalized spacial score (nSPS) is 12.7. The van der Waals surface area contributed by atoms with Gasteiger partial charge in [-0.05, 0) is 30.5 Å². The van der Waals surface area contributed by atoms with Crippen LogP contribution in [0.4, 0.5) is 0 Å². The number of carbonyl (C=O) groups is 1. The lowest BCUT2D eigenvalue weighted by atomic mass is 10.3. The van der Waals surface area contributed by atoms with Crippen LogP contribution in [-0.4, -0.2) is 30.7 Å². The maximum atomic E-state index is 12.3. The van der Waals surface area contributed by atoms with Crippen LogP contribution in [-0.2, 0) is 11.3 Å². The molecule has 0 bridgehead atoms. The van der Waals surface area contributed by atoms with Gasteiger partial charge in [0.25, 0.3) is 0 Å². The molecular weight excluding hydrogens is 342 g/mol. The number of H-pyrrole nitrogens is 1. The standard InChI is InChI=1S/C16H15N5OS2/c1-10(14(22)17-9-11-5-4-8-23-11)24-16-20-19-15-18-12-6-2-3-7-13(12)21(15)16/h2-8,10H,9H2,1H3,(H,17,22)(H,18,19)/t10-/m1/s1. The van der Waals surface area contributed by atoms with Crippen LogP contribution in [0.25, 0.3) is 16.8 Å². The molecule has 1 amide bonds. The SMILES string of the molecule is C[C@@H](Sc1n[nH]c2nc3ccccc3n12)C(=O)NCc1cccs1. The Hall–Kier alpha value is -2.32. The van der Waals surface area contributed by atoms with E-state index in [0.29, 0.717) is 12.3 Å². The Morgan fingerprint density at radius 1 is 1.38 bits per heavy atom. The minimum absolute atomic E-state index is 0.00558. The minimum atomic E-state index is -0.252. The third kappa shape index (κ3) is 2.78. The number of fused-ring (bicyclic) bond motifs is 3. The average Bonchev–Trinajstić information content (AvgIpc) is 3.30. The number of thiophene rings is 1. The molecule has 6 nitrogen and oxygen atoms in total. The van der Waals surface area contributed by atoms with Crippen molar-refractivity contribution in [3.63, 3.8) is 0 Å². The molecule has 0 aliphatic rings. The summed E-state index contributed by atoms with van der Waals surface area (Å²) < 4.78 is 1.95. The topological polar surface area (TPSA) is 75.1 Å². The van der Waals surface area contributed by atoms with Crippen LogP contribution in [0.2, 0.25) is 0 Å². The molecule has 0 unspecified atom stereocenters. The Morgan fingerprint density at radius 2 is 2.25 bits per heavy atom. The van der Waals surface area contributed by atoms with E-state index in [1.807, 2.05) is 53.1 Å². The number of benzene rings is 1. The highest BCUT2D eigenvalue weighted by atomic mass is 32.2. The first-order valence-corrected chi connectivity index (χ1v) is 9.26. The van der Waals surface area contributed by atoms with Crippen LogP contribution >= 0.6 is 23.1 Å². The zero-order valence-corrected chi connectivity index (χ0v) is 14.5. The van der Waals surface area contributed by atoms with Gasteiger partial charge in [-0.3, -0.25) is 9.20 Å². The first kappa shape index (κ1) is 15.2. The van der Waals surface area contributed by atoms with Crippen molar-refractivity contribution in [3.8, 4) is 0 Å². The molecule has 122 valence electrons. The average molecular weight is 357 g/mol. The molecule has 1 atom stereocenters. The van der Waals surface area contributed by atoms with Crippen LogP contribution < -0.4 is 5.32 Å². The Balaban J connectivity index is 1.52. The first-order valence-electron chi connectivity index (χ1n) is 7.50. The summed E-state index contributed by atoms with van der Waals surface area (Å²) in [5.74, 6) is 0.680. The number of nitrogens with zero attached hydrogens (tertiary/aromatic N) is 3. The van der Waals surface area contributed by atoms with Crippen LogP contribution in [0.5, 0.6) is 0 Å². The predicted molar refractivity (Wildman–Crippen MR) is 96.3 cm³/mol. The Labute approximate surface area is 146 Å². The molecule has 0 aliphatic carbocycles. The molecule has 0 radical (unpaired) electrons. The third-order valence-corrected chi connectivity index (χ3v) is 5.60. The van der Waals surface area contributed by atoms with Crippen molar-refractivity contribution in [2.24, 2.45) is 0 Å². The van der Waals surface area contributed by atoms with Crippen LogP contribution in [0.1, 0.15) is 11.8 Å². The van der Waals surface area contributed by atoms with E-state index >= 15 is 0 Å². The summed E-state index contributed by atoms with van der Waals surface area (Å²) >= 11 is 3.05. The number of thioether (sulfide) groups is 1. The Bertz CT molecular complexity index is 989. The number of hydrogen-bond acceptors (Lipinski definition) is 5. The monoisotopic (exact) mass is 357 g/mol. The molecule has 0 aliphatic heterocycles. The first-order chi connectivity index (χ1) is 11.7. The largest absolute Gasteiger partial charge is 0.350 e. The van der Waals surface area contributed by atoms with Crippen molar-refractivity contribution >= 4 is 45.8 Å². The van der Waals surface area contributed by atoms with E-state index in [1.54, 1.807) is 11.3 Å². The van der Waals surface area contributed by atoms with Gasteiger partial charge in [-0.25, -0.2) is 10.1 Å². The maximum absolute atomic E-state index is 12.3. The van der Waals surface area contributed by atoms with Gasteiger partial charge < -0.3 is 5.32 Å². The van der Waals surface area contributed by atoms with Gasteiger partial charge in [-0.1, -0.05) is 30.0 Å². The van der Waals surface area contributed by atoms with Gasteiger partial charge in [0, 0.05) is 4.88 Å². The molecular formula is C16H15N5OS2. The van der Waals surface area contributed by atoms with Gasteiger partial charge in [0.1, 0.15) is 0 Å². The highest BCUT2D eigenvalue weighted by Crippen LogP contribution is 2.26. The van der Waals surface area contributed by atoms with E-state index in [4.69, 9.17) is 0 Å². The van der Waals surface area contributed by atoms with Gasteiger partial charge in [-0.2, -0.15) is 0 Å². The van der Waals surface area contributed by atoms with E-state index < -0.39 is 0 Å². The molecule has 1 aromatic carbocycles. The smallest absolute Gasteiger partial charge is 0.233 e. The number of para-hydroxylation sites is 2. The number of aromatic amines is 1. The molecule has 4 rings (SSSR count). The highest BCUT2D eigenvalue weighted by molar-refractivity contribution is 8.00. The fraction of sp³-hybridized carbons (Fsp3) is 0.188. The number of amides is 1. The van der Waals surface area contributed by atoms with Crippen LogP contribution in [0, 0.1) is 0 Å². The van der Waals surface area contributed by atoms with E-state index in [0.717, 1.165) is 21.1 Å². The van der Waals surface area contributed by atoms with Crippen molar-refractivity contribution in [1.82, 2.24) is 24.9 Å². The lowest BCUT2D eigenvalue weighted by Crippen LogP contribution is -2.30. The number of nitrogens with one attached hydrogen (secondary N) is 2. The van der Waals surface area contributed by atoms with Crippen LogP contribution in [0.3, 0.4) is 0 Å². The molecule has 0 saturated heterocycles. The number of carbonyl (C=O) groups excluding carboxylic acids is 1. The van der Waals surface area contributed by atoms with Gasteiger partial charge in [0.05, 0.1) is 22.8 Å². The highest BCUT2D eigenvalue weighted by Gasteiger charge is 2.19. The fourth-order valence-electron chi connectivity index (χ4n) is 2.46. The lowest BCUT2D eigenvalue weighted by molar-refractivity contribution is -0.120. The molecule has 3 aromatic heterocycles. The molecule has 8 heteroatoms. The van der Waals surface area contributed by atoms with Gasteiger partial charge in [0.15, 0.2) is 5.16 Å². The molecule has 0 fully saturated rings. The zero-order valence-electron chi connectivity index (χ0n) is 12.9. The summed E-state index contributed by atoms with van der Waals surface area (Å²) in [6.07, 6.45) is 0. The zero-order chi connectivity index (χ0) is 16.5. The molecule has 3 heterocycles. The molecule has 0 spiro atoms. The molecule has 4 aromatic rings. The quantitative estimate of drug-likeness (QED) is 0.538.